The van der Waals surface area contributed by atoms with Crippen molar-refractivity contribution in [2.24, 2.45) is 0 Å². The van der Waals surface area contributed by atoms with Gasteiger partial charge in [-0.25, -0.2) is 0 Å². The van der Waals surface area contributed by atoms with Crippen molar-refractivity contribution in [1.82, 2.24) is 0 Å². The number of benzene rings is 1. The van der Waals surface area contributed by atoms with Crippen LogP contribution in [0.15, 0.2) is 18.2 Å². The van der Waals surface area contributed by atoms with E-state index in [1.165, 1.54) is 5.56 Å². The molecule has 0 aliphatic rings. The van der Waals surface area contributed by atoms with Crippen LogP contribution in [0, 0.1) is 0 Å². The second kappa shape index (κ2) is 5.25. The van der Waals surface area contributed by atoms with E-state index in [0.717, 1.165) is 16.8 Å². The summed E-state index contributed by atoms with van der Waals surface area (Å²) in [4.78, 5) is 0. The molecule has 0 aliphatic carbocycles. The molecule has 0 saturated carbocycles. The van der Waals surface area contributed by atoms with Gasteiger partial charge < -0.3 is 9.47 Å². The van der Waals surface area contributed by atoms with E-state index >= 15 is 0 Å². The molecule has 3 heteroatoms. The lowest BCUT2D eigenvalue weighted by Gasteiger charge is -2.12. The minimum Gasteiger partial charge on any atom is -0.493 e. The van der Waals surface area contributed by atoms with Crippen molar-refractivity contribution < 1.29 is 9.47 Å². The SMILES string of the molecule is COc1ccc(C(C)CBr)cc1OC. The van der Waals surface area contributed by atoms with Gasteiger partial charge in [0.2, 0.25) is 0 Å². The molecule has 0 bridgehead atoms. The van der Waals surface area contributed by atoms with Gasteiger partial charge in [0.15, 0.2) is 11.5 Å². The predicted octanol–water partition coefficient (Wildman–Crippen LogP) is 3.20. The standard InChI is InChI=1S/C11H15BrO2/c1-8(7-12)9-4-5-10(13-2)11(6-9)14-3/h4-6,8H,7H2,1-3H3. The van der Waals surface area contributed by atoms with Gasteiger partial charge in [0.1, 0.15) is 0 Å². The van der Waals surface area contributed by atoms with Crippen LogP contribution in [0.1, 0.15) is 18.4 Å². The minimum absolute atomic E-state index is 0.481. The molecule has 0 fully saturated rings. The van der Waals surface area contributed by atoms with Crippen molar-refractivity contribution in [1.29, 1.82) is 0 Å². The lowest BCUT2D eigenvalue weighted by atomic mass is 10.0. The lowest BCUT2D eigenvalue weighted by Crippen LogP contribution is -1.97. The third kappa shape index (κ3) is 2.41. The van der Waals surface area contributed by atoms with Gasteiger partial charge in [-0.05, 0) is 23.6 Å². The van der Waals surface area contributed by atoms with Crippen LogP contribution in [-0.2, 0) is 0 Å². The quantitative estimate of drug-likeness (QED) is 0.773. The van der Waals surface area contributed by atoms with Crippen LogP contribution in [0.25, 0.3) is 0 Å². The van der Waals surface area contributed by atoms with Crippen molar-refractivity contribution in [3.05, 3.63) is 23.8 Å². The molecule has 0 radical (unpaired) electrons. The zero-order valence-electron chi connectivity index (χ0n) is 8.71. The maximum absolute atomic E-state index is 5.23. The molecule has 1 atom stereocenters. The van der Waals surface area contributed by atoms with Crippen molar-refractivity contribution in [2.45, 2.75) is 12.8 Å². The van der Waals surface area contributed by atoms with Crippen LogP contribution in [0.3, 0.4) is 0 Å². The summed E-state index contributed by atoms with van der Waals surface area (Å²) in [7, 11) is 3.30. The molecule has 14 heavy (non-hydrogen) atoms. The number of hydrogen-bond donors (Lipinski definition) is 0. The number of rotatable bonds is 4. The molecule has 0 amide bonds. The van der Waals surface area contributed by atoms with Crippen LogP contribution in [0.4, 0.5) is 0 Å². The van der Waals surface area contributed by atoms with Gasteiger partial charge in [-0.15, -0.1) is 0 Å². The number of methoxy groups -OCH3 is 2. The first kappa shape index (κ1) is 11.4. The van der Waals surface area contributed by atoms with Crippen molar-refractivity contribution in [2.75, 3.05) is 19.5 Å². The van der Waals surface area contributed by atoms with E-state index in [9.17, 15) is 0 Å². The summed E-state index contributed by atoms with van der Waals surface area (Å²) < 4.78 is 10.4. The molecule has 1 aromatic rings. The largest absolute Gasteiger partial charge is 0.493 e. The number of ether oxygens (including phenoxy) is 2. The van der Waals surface area contributed by atoms with Gasteiger partial charge in [-0.1, -0.05) is 28.9 Å². The Labute approximate surface area is 93.4 Å². The Bertz CT molecular complexity index is 299. The van der Waals surface area contributed by atoms with E-state index in [-0.39, 0.29) is 0 Å². The average molecular weight is 259 g/mol. The third-order valence-electron chi connectivity index (χ3n) is 2.21. The maximum atomic E-state index is 5.23. The molecule has 0 aromatic heterocycles. The predicted molar refractivity (Wildman–Crippen MR) is 61.8 cm³/mol. The van der Waals surface area contributed by atoms with E-state index in [0.29, 0.717) is 5.92 Å². The molecule has 1 unspecified atom stereocenters. The van der Waals surface area contributed by atoms with Gasteiger partial charge in [0.25, 0.3) is 0 Å². The summed E-state index contributed by atoms with van der Waals surface area (Å²) in [5, 5.41) is 0.947. The fraction of sp³-hybridized carbons (Fsp3) is 0.455. The van der Waals surface area contributed by atoms with Gasteiger partial charge in [0, 0.05) is 5.33 Å². The average Bonchev–Trinajstić information content (AvgIpc) is 2.26. The fourth-order valence-corrected chi connectivity index (χ4v) is 1.62. The topological polar surface area (TPSA) is 18.5 Å². The molecular formula is C11H15BrO2. The van der Waals surface area contributed by atoms with Crippen LogP contribution >= 0.6 is 15.9 Å². The summed E-state index contributed by atoms with van der Waals surface area (Å²) in [6.45, 7) is 2.16. The van der Waals surface area contributed by atoms with Crippen LogP contribution in [0.2, 0.25) is 0 Å². The number of hydrogen-bond acceptors (Lipinski definition) is 2. The maximum Gasteiger partial charge on any atom is 0.160 e. The van der Waals surface area contributed by atoms with Gasteiger partial charge >= 0.3 is 0 Å². The summed E-state index contributed by atoms with van der Waals surface area (Å²) in [6, 6.07) is 6.02. The molecule has 78 valence electrons. The van der Waals surface area contributed by atoms with Crippen molar-refractivity contribution in [3.63, 3.8) is 0 Å². The first-order valence-corrected chi connectivity index (χ1v) is 5.63. The molecular weight excluding hydrogens is 244 g/mol. The Morgan fingerprint density at radius 2 is 1.86 bits per heavy atom. The smallest absolute Gasteiger partial charge is 0.160 e. The highest BCUT2D eigenvalue weighted by Gasteiger charge is 2.08. The zero-order chi connectivity index (χ0) is 10.6. The Morgan fingerprint density at radius 3 is 2.36 bits per heavy atom. The highest BCUT2D eigenvalue weighted by atomic mass is 79.9. The summed E-state index contributed by atoms with van der Waals surface area (Å²) >= 11 is 3.46. The second-order valence-corrected chi connectivity index (χ2v) is 3.82. The Balaban J connectivity index is 3.01. The Morgan fingerprint density at radius 1 is 1.21 bits per heavy atom. The first-order valence-electron chi connectivity index (χ1n) is 4.50. The molecule has 0 N–H and O–H groups in total. The fourth-order valence-electron chi connectivity index (χ4n) is 1.25. The summed E-state index contributed by atoms with van der Waals surface area (Å²) in [5.41, 5.74) is 1.25. The minimum atomic E-state index is 0.481. The van der Waals surface area contributed by atoms with E-state index < -0.39 is 0 Å². The number of alkyl halides is 1. The lowest BCUT2D eigenvalue weighted by molar-refractivity contribution is 0.354. The molecule has 0 saturated heterocycles. The van der Waals surface area contributed by atoms with E-state index in [1.54, 1.807) is 14.2 Å². The van der Waals surface area contributed by atoms with Gasteiger partial charge in [0.05, 0.1) is 14.2 Å². The number of halogens is 1. The van der Waals surface area contributed by atoms with Crippen LogP contribution in [0.5, 0.6) is 11.5 Å². The molecule has 1 aromatic carbocycles. The Hall–Kier alpha value is -0.700. The normalized spacial score (nSPS) is 12.3. The van der Waals surface area contributed by atoms with Crippen molar-refractivity contribution >= 4 is 15.9 Å². The van der Waals surface area contributed by atoms with Gasteiger partial charge in [-0.2, -0.15) is 0 Å². The molecule has 0 aliphatic heterocycles. The van der Waals surface area contributed by atoms with E-state index in [1.807, 2.05) is 12.1 Å². The highest BCUT2D eigenvalue weighted by Crippen LogP contribution is 2.30. The Kier molecular flexibility index (Phi) is 4.26. The molecule has 0 spiro atoms. The van der Waals surface area contributed by atoms with E-state index in [2.05, 4.69) is 28.9 Å². The highest BCUT2D eigenvalue weighted by molar-refractivity contribution is 9.09. The van der Waals surface area contributed by atoms with Crippen LogP contribution < -0.4 is 9.47 Å². The second-order valence-electron chi connectivity index (χ2n) is 3.17. The van der Waals surface area contributed by atoms with Crippen LogP contribution in [-0.4, -0.2) is 19.5 Å². The van der Waals surface area contributed by atoms with E-state index in [4.69, 9.17) is 9.47 Å². The monoisotopic (exact) mass is 258 g/mol. The zero-order valence-corrected chi connectivity index (χ0v) is 10.3. The molecule has 1 rings (SSSR count). The van der Waals surface area contributed by atoms with Crippen molar-refractivity contribution in [3.8, 4) is 11.5 Å². The molecule has 2 nitrogen and oxygen atoms in total. The molecule has 0 heterocycles. The summed E-state index contributed by atoms with van der Waals surface area (Å²) in [5.74, 6) is 2.05. The summed E-state index contributed by atoms with van der Waals surface area (Å²) in [6.07, 6.45) is 0. The first-order chi connectivity index (χ1) is 6.72. The third-order valence-corrected chi connectivity index (χ3v) is 3.18. The van der Waals surface area contributed by atoms with Gasteiger partial charge in [-0.3, -0.25) is 0 Å².